The number of nitrogen functional groups attached to an aromatic ring is 1. The number of nitrogens with two attached hydrogens (primary N) is 1. The maximum absolute atomic E-state index is 5.76. The molecule has 0 fully saturated rings. The summed E-state index contributed by atoms with van der Waals surface area (Å²) in [6.07, 6.45) is 1.63. The molecule has 2 N–H and O–H groups in total. The summed E-state index contributed by atoms with van der Waals surface area (Å²) in [6, 6.07) is 9.17. The highest BCUT2D eigenvalue weighted by Crippen LogP contribution is 2.33. The van der Waals surface area contributed by atoms with Crippen molar-refractivity contribution in [1.82, 2.24) is 4.98 Å². The molecule has 0 aliphatic carbocycles. The number of aromatic nitrogens is 1. The minimum Gasteiger partial charge on any atom is -0.493 e. The molecule has 0 saturated heterocycles. The Morgan fingerprint density at radius 2 is 2.00 bits per heavy atom. The number of anilines is 1. The Morgan fingerprint density at radius 1 is 1.18 bits per heavy atom. The van der Waals surface area contributed by atoms with Crippen LogP contribution in [0.1, 0.15) is 5.56 Å². The summed E-state index contributed by atoms with van der Waals surface area (Å²) in [7, 11) is 1.60. The molecule has 0 saturated carbocycles. The molecule has 0 amide bonds. The van der Waals surface area contributed by atoms with Crippen molar-refractivity contribution >= 4 is 5.69 Å². The van der Waals surface area contributed by atoms with Gasteiger partial charge < -0.3 is 15.2 Å². The van der Waals surface area contributed by atoms with Gasteiger partial charge in [0.15, 0.2) is 11.5 Å². The zero-order valence-corrected chi connectivity index (χ0v) is 9.81. The molecule has 0 unspecified atom stereocenters. The highest BCUT2D eigenvalue weighted by Gasteiger charge is 2.08. The van der Waals surface area contributed by atoms with Crippen molar-refractivity contribution in [2.45, 2.75) is 6.92 Å². The van der Waals surface area contributed by atoms with Gasteiger partial charge in [-0.15, -0.1) is 0 Å². The van der Waals surface area contributed by atoms with Crippen LogP contribution in [0.3, 0.4) is 0 Å². The summed E-state index contributed by atoms with van der Waals surface area (Å²) in [5.41, 5.74) is 7.36. The standard InChI is InChI=1S/C13H14N2O2/c1-9-5-6-11(12(8-9)16-2)17-13-10(14)4-3-7-15-13/h3-8H,14H2,1-2H3. The number of rotatable bonds is 3. The predicted octanol–water partition coefficient (Wildman–Crippen LogP) is 2.77. The van der Waals surface area contributed by atoms with Crippen LogP contribution < -0.4 is 15.2 Å². The average Bonchev–Trinajstić information content (AvgIpc) is 2.34. The van der Waals surface area contributed by atoms with E-state index in [-0.39, 0.29) is 0 Å². The zero-order valence-electron chi connectivity index (χ0n) is 9.81. The Bertz CT molecular complexity index is 527. The molecule has 0 spiro atoms. The fraction of sp³-hybridized carbons (Fsp3) is 0.154. The lowest BCUT2D eigenvalue weighted by atomic mass is 10.2. The molecular weight excluding hydrogens is 216 g/mol. The van der Waals surface area contributed by atoms with Crippen molar-refractivity contribution in [1.29, 1.82) is 0 Å². The van der Waals surface area contributed by atoms with Gasteiger partial charge in [-0.25, -0.2) is 4.98 Å². The monoisotopic (exact) mass is 230 g/mol. The van der Waals surface area contributed by atoms with Gasteiger partial charge in [0.2, 0.25) is 5.88 Å². The first-order valence-electron chi connectivity index (χ1n) is 5.23. The minimum atomic E-state index is 0.384. The minimum absolute atomic E-state index is 0.384. The summed E-state index contributed by atoms with van der Waals surface area (Å²) in [4.78, 5) is 4.07. The van der Waals surface area contributed by atoms with E-state index in [0.717, 1.165) is 5.56 Å². The summed E-state index contributed by atoms with van der Waals surface area (Å²) in [6.45, 7) is 1.99. The molecule has 2 rings (SSSR count). The highest BCUT2D eigenvalue weighted by molar-refractivity contribution is 5.51. The summed E-state index contributed by atoms with van der Waals surface area (Å²) in [5.74, 6) is 1.65. The van der Waals surface area contributed by atoms with Crippen LogP contribution in [0.2, 0.25) is 0 Å². The Balaban J connectivity index is 2.33. The number of aryl methyl sites for hydroxylation is 1. The maximum Gasteiger partial charge on any atom is 0.242 e. The van der Waals surface area contributed by atoms with Crippen LogP contribution in [0.15, 0.2) is 36.5 Å². The number of pyridine rings is 1. The molecule has 1 aromatic heterocycles. The topological polar surface area (TPSA) is 57.4 Å². The molecule has 0 atom stereocenters. The Morgan fingerprint density at radius 3 is 2.71 bits per heavy atom. The van der Waals surface area contributed by atoms with Gasteiger partial charge in [-0.2, -0.15) is 0 Å². The van der Waals surface area contributed by atoms with Gasteiger partial charge in [0.05, 0.1) is 12.8 Å². The van der Waals surface area contributed by atoms with Crippen LogP contribution >= 0.6 is 0 Å². The van der Waals surface area contributed by atoms with E-state index in [2.05, 4.69) is 4.98 Å². The molecule has 4 heteroatoms. The second kappa shape index (κ2) is 4.74. The van der Waals surface area contributed by atoms with E-state index in [4.69, 9.17) is 15.2 Å². The van der Waals surface area contributed by atoms with Crippen LogP contribution in [-0.2, 0) is 0 Å². The Labute approximate surface area is 100 Å². The van der Waals surface area contributed by atoms with Gasteiger partial charge in [-0.3, -0.25) is 0 Å². The van der Waals surface area contributed by atoms with Crippen LogP contribution in [0.5, 0.6) is 17.4 Å². The summed E-state index contributed by atoms with van der Waals surface area (Å²) in [5, 5.41) is 0. The number of ether oxygens (including phenoxy) is 2. The molecule has 0 bridgehead atoms. The number of hydrogen-bond acceptors (Lipinski definition) is 4. The van der Waals surface area contributed by atoms with Gasteiger partial charge in [0.25, 0.3) is 0 Å². The van der Waals surface area contributed by atoms with Crippen molar-refractivity contribution < 1.29 is 9.47 Å². The molecule has 0 aliphatic heterocycles. The van der Waals surface area contributed by atoms with Crippen molar-refractivity contribution in [3.63, 3.8) is 0 Å². The van der Waals surface area contributed by atoms with Gasteiger partial charge in [-0.05, 0) is 36.8 Å². The number of methoxy groups -OCH3 is 1. The van der Waals surface area contributed by atoms with E-state index < -0.39 is 0 Å². The highest BCUT2D eigenvalue weighted by atomic mass is 16.5. The molecule has 4 nitrogen and oxygen atoms in total. The predicted molar refractivity (Wildman–Crippen MR) is 66.5 cm³/mol. The second-order valence-electron chi connectivity index (χ2n) is 3.65. The SMILES string of the molecule is COc1cc(C)ccc1Oc1ncccc1N. The normalized spacial score (nSPS) is 10.0. The van der Waals surface area contributed by atoms with Crippen molar-refractivity contribution in [3.05, 3.63) is 42.1 Å². The van der Waals surface area contributed by atoms with Crippen LogP contribution in [-0.4, -0.2) is 12.1 Å². The number of benzene rings is 1. The lowest BCUT2D eigenvalue weighted by molar-refractivity contribution is 0.374. The third kappa shape index (κ3) is 2.47. The van der Waals surface area contributed by atoms with Crippen LogP contribution in [0, 0.1) is 6.92 Å². The first-order chi connectivity index (χ1) is 8.20. The third-order valence-corrected chi connectivity index (χ3v) is 2.33. The fourth-order valence-corrected chi connectivity index (χ4v) is 1.45. The molecule has 0 radical (unpaired) electrons. The maximum atomic E-state index is 5.76. The first kappa shape index (κ1) is 11.3. The molecule has 1 aromatic carbocycles. The van der Waals surface area contributed by atoms with Crippen molar-refractivity contribution in [2.75, 3.05) is 12.8 Å². The Kier molecular flexibility index (Phi) is 3.14. The number of hydrogen-bond donors (Lipinski definition) is 1. The molecule has 2 aromatic rings. The van der Waals surface area contributed by atoms with Crippen molar-refractivity contribution in [2.24, 2.45) is 0 Å². The Hall–Kier alpha value is -2.23. The third-order valence-electron chi connectivity index (χ3n) is 2.33. The lowest BCUT2D eigenvalue weighted by Crippen LogP contribution is -1.96. The molecular formula is C13H14N2O2. The average molecular weight is 230 g/mol. The van der Waals surface area contributed by atoms with E-state index in [1.165, 1.54) is 0 Å². The molecule has 17 heavy (non-hydrogen) atoms. The number of nitrogens with zero attached hydrogens (tertiary/aromatic N) is 1. The van der Waals surface area contributed by atoms with Gasteiger partial charge >= 0.3 is 0 Å². The molecule has 1 heterocycles. The van der Waals surface area contributed by atoms with Gasteiger partial charge in [0, 0.05) is 6.20 Å². The van der Waals surface area contributed by atoms with Gasteiger partial charge in [0.1, 0.15) is 0 Å². The second-order valence-corrected chi connectivity index (χ2v) is 3.65. The first-order valence-corrected chi connectivity index (χ1v) is 5.23. The van der Waals surface area contributed by atoms with Crippen LogP contribution in [0.25, 0.3) is 0 Å². The zero-order chi connectivity index (χ0) is 12.3. The summed E-state index contributed by atoms with van der Waals surface area (Å²) < 4.78 is 10.9. The van der Waals surface area contributed by atoms with E-state index in [1.807, 2.05) is 25.1 Å². The van der Waals surface area contributed by atoms with E-state index in [0.29, 0.717) is 23.1 Å². The largest absolute Gasteiger partial charge is 0.493 e. The molecule has 88 valence electrons. The fourth-order valence-electron chi connectivity index (χ4n) is 1.45. The van der Waals surface area contributed by atoms with Crippen LogP contribution in [0.4, 0.5) is 5.69 Å². The summed E-state index contributed by atoms with van der Waals surface area (Å²) >= 11 is 0. The van der Waals surface area contributed by atoms with E-state index in [1.54, 1.807) is 25.4 Å². The van der Waals surface area contributed by atoms with Gasteiger partial charge in [-0.1, -0.05) is 6.07 Å². The van der Waals surface area contributed by atoms with Crippen molar-refractivity contribution in [3.8, 4) is 17.4 Å². The lowest BCUT2D eigenvalue weighted by Gasteiger charge is -2.11. The van der Waals surface area contributed by atoms with E-state index in [9.17, 15) is 0 Å². The smallest absolute Gasteiger partial charge is 0.242 e. The van der Waals surface area contributed by atoms with E-state index >= 15 is 0 Å². The quantitative estimate of drug-likeness (QED) is 0.880. The molecule has 0 aliphatic rings.